The van der Waals surface area contributed by atoms with Crippen LogP contribution in [0.5, 0.6) is 0 Å². The molecule has 9 aromatic carbocycles. The van der Waals surface area contributed by atoms with Crippen molar-refractivity contribution < 1.29 is 19.2 Å². The van der Waals surface area contributed by atoms with Crippen molar-refractivity contribution in [2.24, 2.45) is 0 Å². The minimum atomic E-state index is -0.352. The summed E-state index contributed by atoms with van der Waals surface area (Å²) in [6.07, 6.45) is 0. The molecular formula is C66H62N2O4. The number of imide groups is 2. The van der Waals surface area contributed by atoms with Crippen LogP contribution in [0.4, 0.5) is 11.4 Å². The molecule has 0 saturated carbocycles. The van der Waals surface area contributed by atoms with Gasteiger partial charge in [-0.3, -0.25) is 19.2 Å². The van der Waals surface area contributed by atoms with Crippen LogP contribution in [0.1, 0.15) is 176 Å². The third kappa shape index (κ3) is 6.53. The summed E-state index contributed by atoms with van der Waals surface area (Å²) < 4.78 is 0. The average molecular weight is 947 g/mol. The van der Waals surface area contributed by atoms with E-state index in [4.69, 9.17) is 0 Å². The Morgan fingerprint density at radius 3 is 0.903 bits per heavy atom. The van der Waals surface area contributed by atoms with Gasteiger partial charge in [0.1, 0.15) is 0 Å². The minimum absolute atomic E-state index is 0.0447. The van der Waals surface area contributed by atoms with Crippen LogP contribution >= 0.6 is 0 Å². The fraction of sp³-hybridized carbons (Fsp3) is 0.273. The summed E-state index contributed by atoms with van der Waals surface area (Å²) in [5.41, 5.74) is 17.2. The Kier molecular flexibility index (Phi) is 10.8. The van der Waals surface area contributed by atoms with Gasteiger partial charge in [0.05, 0.1) is 11.4 Å². The van der Waals surface area contributed by atoms with Crippen molar-refractivity contribution in [3.8, 4) is 22.3 Å². The van der Waals surface area contributed by atoms with E-state index in [9.17, 15) is 0 Å². The van der Waals surface area contributed by atoms with Gasteiger partial charge in [-0.25, -0.2) is 9.80 Å². The van der Waals surface area contributed by atoms with E-state index in [1.54, 1.807) is 0 Å². The maximum absolute atomic E-state index is 15.9. The SMILES string of the molecule is Cc1cc(C)c(-c2cc3c4c(ccc5c6c(-c7c(C)cc(C)cc7C)cc7c8c(ccc(c2c45)c86)C(=O)N(c2c(C(C)C)cccc2C(C)C)C7=O)C(=O)N(c2c(C(C)C)cccc2C(C)C)C3=O)c(C)c1. The molecule has 0 aliphatic carbocycles. The predicted octanol–water partition coefficient (Wildman–Crippen LogP) is 17.0. The Labute approximate surface area is 423 Å². The second-order valence-corrected chi connectivity index (χ2v) is 22.1. The van der Waals surface area contributed by atoms with Gasteiger partial charge in [0.2, 0.25) is 0 Å². The molecule has 2 aliphatic rings. The molecule has 9 aromatic rings. The number of amides is 4. The van der Waals surface area contributed by atoms with Gasteiger partial charge in [0.25, 0.3) is 23.6 Å². The summed E-state index contributed by atoms with van der Waals surface area (Å²) in [4.78, 5) is 65.7. The highest BCUT2D eigenvalue weighted by Gasteiger charge is 2.42. The molecule has 2 heterocycles. The number of carbonyl (C=O) groups is 4. The fourth-order valence-corrected chi connectivity index (χ4v) is 13.0. The number of rotatable bonds is 8. The lowest BCUT2D eigenvalue weighted by Gasteiger charge is -2.35. The number of benzene rings is 9. The fourth-order valence-electron chi connectivity index (χ4n) is 13.0. The van der Waals surface area contributed by atoms with E-state index in [1.165, 1.54) is 9.80 Å². The van der Waals surface area contributed by atoms with Crippen molar-refractivity contribution >= 4 is 78.1 Å². The summed E-state index contributed by atoms with van der Waals surface area (Å²) in [5.74, 6) is -1.23. The molecule has 2 aliphatic heterocycles. The highest BCUT2D eigenvalue weighted by molar-refractivity contribution is 6.48. The summed E-state index contributed by atoms with van der Waals surface area (Å²) in [5, 5.41) is 6.37. The molecule has 11 rings (SSSR count). The Balaban J connectivity index is 1.35. The average Bonchev–Trinajstić information content (AvgIpc) is 3.31. The first-order valence-corrected chi connectivity index (χ1v) is 25.7. The number of hydrogen-bond acceptors (Lipinski definition) is 4. The van der Waals surface area contributed by atoms with Crippen molar-refractivity contribution in [1.82, 2.24) is 0 Å². The summed E-state index contributed by atoms with van der Waals surface area (Å²) in [6, 6.07) is 33.0. The van der Waals surface area contributed by atoms with Crippen LogP contribution in [-0.4, -0.2) is 23.6 Å². The van der Waals surface area contributed by atoms with Crippen LogP contribution < -0.4 is 9.80 Å². The lowest BCUT2D eigenvalue weighted by atomic mass is 9.76. The number of carbonyl (C=O) groups excluding carboxylic acids is 4. The predicted molar refractivity (Wildman–Crippen MR) is 298 cm³/mol. The number of para-hydroxylation sites is 2. The van der Waals surface area contributed by atoms with E-state index >= 15 is 19.2 Å². The van der Waals surface area contributed by atoms with Gasteiger partial charge >= 0.3 is 0 Å². The lowest BCUT2D eigenvalue weighted by molar-refractivity contribution is 0.0877. The summed E-state index contributed by atoms with van der Waals surface area (Å²) in [7, 11) is 0. The zero-order valence-corrected chi connectivity index (χ0v) is 44.1. The van der Waals surface area contributed by atoms with E-state index in [0.29, 0.717) is 44.4 Å². The third-order valence-electron chi connectivity index (χ3n) is 15.9. The standard InChI is InChI=1S/C66H62N2O4/c1-31(2)41-17-15-18-42(32(3)4)61(41)67-63(69)47-23-21-45-56-50(54-39(13)27-36(10)28-40(54)14)30-52-58-48(64(70)68(66(52)72)62-43(33(5)6)19-16-20-44(62)34(7)8)24-22-46(60(56)58)55-49(29-51(65(67)71)57(47)59(45)55)53-37(11)25-35(9)26-38(53)12/h15-34H,1-14H3. The molecule has 0 radical (unpaired) electrons. The Morgan fingerprint density at radius 1 is 0.319 bits per heavy atom. The molecular weight excluding hydrogens is 885 g/mol. The van der Waals surface area contributed by atoms with E-state index in [0.717, 1.165) is 110 Å². The Bertz CT molecular complexity index is 3570. The second-order valence-electron chi connectivity index (χ2n) is 22.1. The molecule has 360 valence electrons. The molecule has 6 nitrogen and oxygen atoms in total. The lowest BCUT2D eigenvalue weighted by Crippen LogP contribution is -2.42. The number of fused-ring (bicyclic) bond motifs is 2. The van der Waals surface area contributed by atoms with Crippen molar-refractivity contribution in [2.45, 2.75) is 121 Å². The van der Waals surface area contributed by atoms with Gasteiger partial charge in [-0.05, 0) is 189 Å². The van der Waals surface area contributed by atoms with E-state index in [2.05, 4.69) is 133 Å². The third-order valence-corrected chi connectivity index (χ3v) is 15.9. The van der Waals surface area contributed by atoms with Crippen LogP contribution in [0, 0.1) is 41.5 Å². The normalized spacial score (nSPS) is 14.0. The molecule has 72 heavy (non-hydrogen) atoms. The number of hydrogen-bond donors (Lipinski definition) is 0. The van der Waals surface area contributed by atoms with Crippen LogP contribution in [0.15, 0.2) is 97.1 Å². The van der Waals surface area contributed by atoms with Crippen LogP contribution in [0.2, 0.25) is 0 Å². The van der Waals surface area contributed by atoms with E-state index in [-0.39, 0.29) is 47.3 Å². The van der Waals surface area contributed by atoms with Crippen LogP contribution in [0.25, 0.3) is 65.3 Å². The zero-order chi connectivity index (χ0) is 51.3. The molecule has 0 bridgehead atoms. The van der Waals surface area contributed by atoms with Crippen molar-refractivity contribution in [1.29, 1.82) is 0 Å². The number of nitrogens with zero attached hydrogens (tertiary/aromatic N) is 2. The molecule has 0 atom stereocenters. The summed E-state index contributed by atoms with van der Waals surface area (Å²) >= 11 is 0. The highest BCUT2D eigenvalue weighted by atomic mass is 16.2. The largest absolute Gasteiger partial charge is 0.268 e. The van der Waals surface area contributed by atoms with Gasteiger partial charge in [0.15, 0.2) is 0 Å². The Hall–Kier alpha value is -7.44. The van der Waals surface area contributed by atoms with Gasteiger partial charge in [-0.2, -0.15) is 0 Å². The van der Waals surface area contributed by atoms with Gasteiger partial charge < -0.3 is 0 Å². The second kappa shape index (κ2) is 16.6. The van der Waals surface area contributed by atoms with Crippen LogP contribution in [-0.2, 0) is 0 Å². The van der Waals surface area contributed by atoms with Crippen molar-refractivity contribution in [3.63, 3.8) is 0 Å². The van der Waals surface area contributed by atoms with E-state index < -0.39 is 0 Å². The van der Waals surface area contributed by atoms with Gasteiger partial charge in [-0.15, -0.1) is 0 Å². The Morgan fingerprint density at radius 2 is 0.611 bits per heavy atom. The quantitative estimate of drug-likeness (QED) is 0.0864. The zero-order valence-electron chi connectivity index (χ0n) is 44.1. The maximum atomic E-state index is 15.9. The number of anilines is 2. The molecule has 4 amide bonds. The molecule has 0 unspecified atom stereocenters. The molecule has 0 spiro atoms. The van der Waals surface area contributed by atoms with Crippen molar-refractivity contribution in [2.75, 3.05) is 9.80 Å². The van der Waals surface area contributed by atoms with Gasteiger partial charge in [-0.1, -0.05) is 139 Å². The maximum Gasteiger partial charge on any atom is 0.266 e. The molecule has 0 N–H and O–H groups in total. The highest BCUT2D eigenvalue weighted by Crippen LogP contribution is 2.54. The van der Waals surface area contributed by atoms with Crippen LogP contribution in [0.3, 0.4) is 0 Å². The topological polar surface area (TPSA) is 74.8 Å². The van der Waals surface area contributed by atoms with E-state index in [1.807, 2.05) is 60.7 Å². The minimum Gasteiger partial charge on any atom is -0.268 e. The number of aryl methyl sites for hydroxylation is 6. The molecule has 0 fully saturated rings. The van der Waals surface area contributed by atoms with Gasteiger partial charge in [0, 0.05) is 33.0 Å². The van der Waals surface area contributed by atoms with Crippen molar-refractivity contribution in [3.05, 3.63) is 175 Å². The first-order chi connectivity index (χ1) is 34.2. The molecule has 0 saturated heterocycles. The first-order valence-electron chi connectivity index (χ1n) is 25.7. The smallest absolute Gasteiger partial charge is 0.266 e. The monoisotopic (exact) mass is 946 g/mol. The molecule has 0 aromatic heterocycles. The molecule has 6 heteroatoms. The summed E-state index contributed by atoms with van der Waals surface area (Å²) in [6.45, 7) is 29.6. The first kappa shape index (κ1) is 46.9.